The summed E-state index contributed by atoms with van der Waals surface area (Å²) in [5, 5.41) is 9.38. The monoisotopic (exact) mass is 277 g/mol. The van der Waals surface area contributed by atoms with Gasteiger partial charge in [0, 0.05) is 13.7 Å². The highest BCUT2D eigenvalue weighted by Crippen LogP contribution is 2.32. The molecular weight excluding hydrogens is 258 g/mol. The van der Waals surface area contributed by atoms with Gasteiger partial charge in [-0.1, -0.05) is 30.3 Å². The molecule has 1 aromatic carbocycles. The van der Waals surface area contributed by atoms with Gasteiger partial charge in [0.05, 0.1) is 0 Å². The second-order valence-electron chi connectivity index (χ2n) is 5.20. The van der Waals surface area contributed by atoms with Gasteiger partial charge >= 0.3 is 5.97 Å². The van der Waals surface area contributed by atoms with Gasteiger partial charge in [0.25, 0.3) is 5.91 Å². The maximum Gasteiger partial charge on any atom is 0.329 e. The van der Waals surface area contributed by atoms with E-state index in [0.29, 0.717) is 19.4 Å². The van der Waals surface area contributed by atoms with E-state index in [1.165, 1.54) is 12.0 Å². The lowest BCUT2D eigenvalue weighted by Gasteiger charge is -2.33. The molecule has 0 radical (unpaired) electrons. The van der Waals surface area contributed by atoms with Crippen molar-refractivity contribution in [3.63, 3.8) is 0 Å². The van der Waals surface area contributed by atoms with Crippen molar-refractivity contribution in [2.75, 3.05) is 13.7 Å². The third-order valence-electron chi connectivity index (χ3n) is 3.93. The Balaban J connectivity index is 2.28. The number of methoxy groups -OCH3 is 1. The lowest BCUT2D eigenvalue weighted by molar-refractivity contribution is -0.160. The van der Waals surface area contributed by atoms with E-state index in [0.717, 1.165) is 5.56 Å². The molecule has 1 aromatic rings. The van der Waals surface area contributed by atoms with Gasteiger partial charge in [0.1, 0.15) is 5.54 Å². The number of benzene rings is 1. The third kappa shape index (κ3) is 2.41. The highest BCUT2D eigenvalue weighted by Gasteiger charge is 2.47. The number of ether oxygens (including phenoxy) is 1. The molecule has 0 spiro atoms. The molecule has 2 rings (SSSR count). The van der Waals surface area contributed by atoms with Gasteiger partial charge in [-0.05, 0) is 25.3 Å². The van der Waals surface area contributed by atoms with E-state index in [4.69, 9.17) is 4.74 Å². The van der Waals surface area contributed by atoms with Crippen LogP contribution in [0.4, 0.5) is 0 Å². The predicted molar refractivity (Wildman–Crippen MR) is 73.2 cm³/mol. The highest BCUT2D eigenvalue weighted by atomic mass is 16.5. The smallest absolute Gasteiger partial charge is 0.329 e. The molecule has 2 unspecified atom stereocenters. The number of hydrogen-bond acceptors (Lipinski definition) is 3. The summed E-state index contributed by atoms with van der Waals surface area (Å²) in [6.45, 7) is 2.05. The van der Waals surface area contributed by atoms with Crippen LogP contribution in [0.15, 0.2) is 30.3 Å². The van der Waals surface area contributed by atoms with Crippen molar-refractivity contribution in [1.29, 1.82) is 0 Å². The van der Waals surface area contributed by atoms with Crippen molar-refractivity contribution in [3.05, 3.63) is 35.9 Å². The Kier molecular flexibility index (Phi) is 4.09. The number of carbonyl (C=O) groups is 2. The van der Waals surface area contributed by atoms with E-state index in [2.05, 4.69) is 0 Å². The molecule has 0 aromatic heterocycles. The summed E-state index contributed by atoms with van der Waals surface area (Å²) in [7, 11) is 1.46. The fourth-order valence-electron chi connectivity index (χ4n) is 2.69. The summed E-state index contributed by atoms with van der Waals surface area (Å²) >= 11 is 0. The largest absolute Gasteiger partial charge is 0.480 e. The van der Waals surface area contributed by atoms with Gasteiger partial charge < -0.3 is 14.7 Å². The Morgan fingerprint density at radius 2 is 2.00 bits per heavy atom. The molecule has 1 aliphatic heterocycles. The van der Waals surface area contributed by atoms with Crippen LogP contribution in [-0.4, -0.2) is 41.1 Å². The van der Waals surface area contributed by atoms with Gasteiger partial charge in [-0.15, -0.1) is 0 Å². The van der Waals surface area contributed by atoms with Crippen molar-refractivity contribution in [2.24, 2.45) is 0 Å². The van der Waals surface area contributed by atoms with Crippen molar-refractivity contribution >= 4 is 11.9 Å². The molecule has 1 N–H and O–H groups in total. The van der Waals surface area contributed by atoms with Crippen molar-refractivity contribution < 1.29 is 19.4 Å². The van der Waals surface area contributed by atoms with Gasteiger partial charge in [0.15, 0.2) is 6.10 Å². The van der Waals surface area contributed by atoms with Crippen LogP contribution in [0.3, 0.4) is 0 Å². The maximum atomic E-state index is 12.6. The van der Waals surface area contributed by atoms with Gasteiger partial charge in [-0.25, -0.2) is 4.79 Å². The number of carboxylic acid groups (broad SMARTS) is 1. The fraction of sp³-hybridized carbons (Fsp3) is 0.467. The second kappa shape index (κ2) is 5.63. The number of hydrogen-bond donors (Lipinski definition) is 1. The van der Waals surface area contributed by atoms with Crippen LogP contribution >= 0.6 is 0 Å². The molecule has 20 heavy (non-hydrogen) atoms. The van der Waals surface area contributed by atoms with Crippen LogP contribution in [-0.2, 0) is 14.3 Å². The molecular formula is C15H19NO4. The molecule has 0 saturated carbocycles. The number of nitrogens with zero attached hydrogens (tertiary/aromatic N) is 1. The Morgan fingerprint density at radius 3 is 2.55 bits per heavy atom. The van der Waals surface area contributed by atoms with E-state index in [-0.39, 0.29) is 5.91 Å². The first-order valence-electron chi connectivity index (χ1n) is 6.63. The Hall–Kier alpha value is -1.88. The number of carboxylic acids is 1. The SMILES string of the molecule is COC(C(=O)N1CCCC1(C)C(=O)O)c1ccccc1. The summed E-state index contributed by atoms with van der Waals surface area (Å²) < 4.78 is 5.30. The first kappa shape index (κ1) is 14.5. The Morgan fingerprint density at radius 1 is 1.35 bits per heavy atom. The quantitative estimate of drug-likeness (QED) is 0.912. The van der Waals surface area contributed by atoms with Crippen LogP contribution in [0.2, 0.25) is 0 Å². The summed E-state index contributed by atoms with van der Waals surface area (Å²) in [5.74, 6) is -1.26. The predicted octanol–water partition coefficient (Wildman–Crippen LogP) is 1.84. The lowest BCUT2D eigenvalue weighted by Crippen LogP contribution is -2.52. The van der Waals surface area contributed by atoms with Gasteiger partial charge in [0.2, 0.25) is 0 Å². The standard InChI is InChI=1S/C15H19NO4/c1-15(14(18)19)9-6-10-16(15)13(17)12(20-2)11-7-4-3-5-8-11/h3-5,7-8,12H,6,9-10H2,1-2H3,(H,18,19). The molecule has 5 heteroatoms. The van der Waals surface area contributed by atoms with Crippen LogP contribution < -0.4 is 0 Å². The van der Waals surface area contributed by atoms with Crippen LogP contribution in [0, 0.1) is 0 Å². The van der Waals surface area contributed by atoms with Crippen LogP contribution in [0.25, 0.3) is 0 Å². The average molecular weight is 277 g/mol. The minimum absolute atomic E-state index is 0.291. The van der Waals surface area contributed by atoms with Crippen LogP contribution in [0.1, 0.15) is 31.4 Å². The number of rotatable bonds is 4. The Bertz CT molecular complexity index is 502. The first-order valence-corrected chi connectivity index (χ1v) is 6.63. The molecule has 0 aliphatic carbocycles. The average Bonchev–Trinajstić information content (AvgIpc) is 2.84. The van der Waals surface area contributed by atoms with E-state index < -0.39 is 17.6 Å². The summed E-state index contributed by atoms with van der Waals surface area (Å²) in [5.41, 5.74) is -0.400. The molecule has 0 bridgehead atoms. The van der Waals surface area contributed by atoms with Gasteiger partial charge in [-0.3, -0.25) is 4.79 Å². The topological polar surface area (TPSA) is 66.8 Å². The molecule has 1 fully saturated rings. The normalized spacial score (nSPS) is 23.6. The molecule has 1 saturated heterocycles. The lowest BCUT2D eigenvalue weighted by atomic mass is 9.98. The zero-order valence-corrected chi connectivity index (χ0v) is 11.7. The number of amides is 1. The minimum atomic E-state index is -1.14. The number of likely N-dealkylation sites (tertiary alicyclic amines) is 1. The first-order chi connectivity index (χ1) is 9.50. The Labute approximate surface area is 118 Å². The van der Waals surface area contributed by atoms with E-state index in [1.807, 2.05) is 18.2 Å². The summed E-state index contributed by atoms with van der Waals surface area (Å²) in [6, 6.07) is 9.13. The van der Waals surface area contributed by atoms with E-state index in [1.54, 1.807) is 19.1 Å². The zero-order valence-electron chi connectivity index (χ0n) is 11.7. The molecule has 2 atom stereocenters. The molecule has 5 nitrogen and oxygen atoms in total. The van der Waals surface area contributed by atoms with Crippen molar-refractivity contribution in [1.82, 2.24) is 4.90 Å². The highest BCUT2D eigenvalue weighted by molar-refractivity contribution is 5.90. The molecule has 1 amide bonds. The molecule has 108 valence electrons. The third-order valence-corrected chi connectivity index (χ3v) is 3.93. The number of carbonyl (C=O) groups excluding carboxylic acids is 1. The summed E-state index contributed by atoms with van der Waals surface area (Å²) in [4.78, 5) is 25.5. The molecule has 1 aliphatic rings. The zero-order chi connectivity index (χ0) is 14.8. The van der Waals surface area contributed by atoms with Crippen LogP contribution in [0.5, 0.6) is 0 Å². The van der Waals surface area contributed by atoms with Crippen molar-refractivity contribution in [3.8, 4) is 0 Å². The maximum absolute atomic E-state index is 12.6. The van der Waals surface area contributed by atoms with E-state index >= 15 is 0 Å². The minimum Gasteiger partial charge on any atom is -0.480 e. The summed E-state index contributed by atoms with van der Waals surface area (Å²) in [6.07, 6.45) is 0.409. The second-order valence-corrected chi connectivity index (χ2v) is 5.20. The molecule has 1 heterocycles. The van der Waals surface area contributed by atoms with Crippen molar-refractivity contribution in [2.45, 2.75) is 31.4 Å². The van der Waals surface area contributed by atoms with Gasteiger partial charge in [-0.2, -0.15) is 0 Å². The fourth-order valence-corrected chi connectivity index (χ4v) is 2.69. The van der Waals surface area contributed by atoms with E-state index in [9.17, 15) is 14.7 Å². The number of aliphatic carboxylic acids is 1.